The van der Waals surface area contributed by atoms with Crippen molar-refractivity contribution in [3.63, 3.8) is 0 Å². The van der Waals surface area contributed by atoms with Crippen LogP contribution in [0.2, 0.25) is 0 Å². The van der Waals surface area contributed by atoms with Crippen LogP contribution in [-0.2, 0) is 23.0 Å². The summed E-state index contributed by atoms with van der Waals surface area (Å²) in [5, 5.41) is 5.63. The van der Waals surface area contributed by atoms with Crippen LogP contribution in [0.4, 0.5) is 0 Å². The molecule has 2 heterocycles. The Bertz CT molecular complexity index is 1180. The number of amides is 1. The number of rotatable bonds is 10. The number of carbonyl (C=O) groups excluding carboxylic acids is 1. The monoisotopic (exact) mass is 488 g/mol. The van der Waals surface area contributed by atoms with Gasteiger partial charge < -0.3 is 9.47 Å². The first-order valence-corrected chi connectivity index (χ1v) is 13.5. The van der Waals surface area contributed by atoms with Gasteiger partial charge in [0.05, 0.1) is 11.9 Å². The number of thiophene rings is 1. The summed E-state index contributed by atoms with van der Waals surface area (Å²) in [6.07, 6.45) is 7.80. The van der Waals surface area contributed by atoms with Crippen molar-refractivity contribution in [1.29, 1.82) is 0 Å². The van der Waals surface area contributed by atoms with Crippen molar-refractivity contribution >= 4 is 27.3 Å². The van der Waals surface area contributed by atoms with Gasteiger partial charge in [-0.2, -0.15) is 0 Å². The van der Waals surface area contributed by atoms with Gasteiger partial charge in [-0.15, -0.1) is 11.3 Å². The van der Waals surface area contributed by atoms with Gasteiger partial charge in [0.25, 0.3) is 5.91 Å². The second-order valence-corrected chi connectivity index (χ2v) is 11.6. The summed E-state index contributed by atoms with van der Waals surface area (Å²) in [5.41, 5.74) is 2.59. The number of imidazole rings is 1. The fraction of sp³-hybridized carbons (Fsp3) is 0.417. The Morgan fingerprint density at radius 2 is 1.94 bits per heavy atom. The number of carbonyl (C=O) groups is 1. The van der Waals surface area contributed by atoms with Gasteiger partial charge in [-0.05, 0) is 29.9 Å². The van der Waals surface area contributed by atoms with Gasteiger partial charge in [0, 0.05) is 43.0 Å². The quantitative estimate of drug-likeness (QED) is 0.458. The van der Waals surface area contributed by atoms with Gasteiger partial charge in [0.15, 0.2) is 0 Å². The number of sulfonamides is 1. The van der Waals surface area contributed by atoms with E-state index in [9.17, 15) is 13.2 Å². The van der Waals surface area contributed by atoms with E-state index in [0.29, 0.717) is 36.2 Å². The fourth-order valence-electron chi connectivity index (χ4n) is 3.71. The molecular formula is C24H32N4O3S2. The number of unbranched alkanes of at least 4 members (excludes halogenated alkanes) is 1. The van der Waals surface area contributed by atoms with E-state index in [-0.39, 0.29) is 16.0 Å². The topological polar surface area (TPSA) is 98.3 Å². The first kappa shape index (κ1) is 25.1. The van der Waals surface area contributed by atoms with E-state index in [1.54, 1.807) is 24.5 Å². The van der Waals surface area contributed by atoms with Crippen molar-refractivity contribution in [2.24, 2.45) is 11.1 Å². The minimum atomic E-state index is -4.01. The molecule has 1 amide bonds. The third-order valence-corrected chi connectivity index (χ3v) is 8.05. The number of aromatic nitrogens is 2. The third kappa shape index (κ3) is 6.10. The molecule has 0 aliphatic carbocycles. The molecule has 3 aromatic rings. The number of benzene rings is 1. The van der Waals surface area contributed by atoms with Crippen molar-refractivity contribution in [2.45, 2.75) is 50.8 Å². The van der Waals surface area contributed by atoms with Crippen LogP contribution in [0.15, 0.2) is 47.2 Å². The number of primary sulfonamides is 1. The lowest BCUT2D eigenvalue weighted by Crippen LogP contribution is -2.28. The molecule has 2 N–H and O–H groups in total. The lowest BCUT2D eigenvalue weighted by Gasteiger charge is -2.19. The first-order valence-electron chi connectivity index (χ1n) is 11.1. The molecule has 2 aromatic heterocycles. The van der Waals surface area contributed by atoms with E-state index in [0.717, 1.165) is 34.6 Å². The molecule has 0 saturated carbocycles. The lowest BCUT2D eigenvalue weighted by molar-refractivity contribution is 0.0793. The summed E-state index contributed by atoms with van der Waals surface area (Å²) in [7, 11) is -2.24. The molecule has 7 nitrogen and oxygen atoms in total. The summed E-state index contributed by atoms with van der Waals surface area (Å²) in [4.78, 5) is 20.1. The van der Waals surface area contributed by atoms with Gasteiger partial charge >= 0.3 is 0 Å². The van der Waals surface area contributed by atoms with Gasteiger partial charge in [-0.25, -0.2) is 18.5 Å². The molecule has 0 fully saturated rings. The van der Waals surface area contributed by atoms with Crippen LogP contribution < -0.4 is 5.14 Å². The minimum absolute atomic E-state index is 0.0488. The highest BCUT2D eigenvalue weighted by atomic mass is 32.2. The van der Waals surface area contributed by atoms with Crippen molar-refractivity contribution in [3.05, 3.63) is 59.0 Å². The number of hydrogen-bond donors (Lipinski definition) is 1. The minimum Gasteiger partial charge on any atom is -0.342 e. The van der Waals surface area contributed by atoms with E-state index >= 15 is 0 Å². The summed E-state index contributed by atoms with van der Waals surface area (Å²) < 4.78 is 27.1. The van der Waals surface area contributed by atoms with E-state index in [1.807, 2.05) is 35.0 Å². The number of nitrogens with two attached hydrogens (primary N) is 1. The van der Waals surface area contributed by atoms with Gasteiger partial charge in [0.2, 0.25) is 10.0 Å². The molecule has 0 unspecified atom stereocenters. The molecule has 0 saturated heterocycles. The average Bonchev–Trinajstić information content (AvgIpc) is 3.39. The van der Waals surface area contributed by atoms with Crippen LogP contribution in [0.25, 0.3) is 11.1 Å². The lowest BCUT2D eigenvalue weighted by atomic mass is 9.97. The normalized spacial score (nSPS) is 11.8. The molecule has 0 radical (unpaired) electrons. The summed E-state index contributed by atoms with van der Waals surface area (Å²) in [6, 6.07) is 7.62. The van der Waals surface area contributed by atoms with Gasteiger partial charge in [-0.1, -0.05) is 51.5 Å². The molecule has 3 rings (SSSR count). The Morgan fingerprint density at radius 3 is 2.48 bits per heavy atom. The summed E-state index contributed by atoms with van der Waals surface area (Å²) in [5.74, 6) is 0.0950. The molecule has 9 heteroatoms. The largest absolute Gasteiger partial charge is 0.342 e. The van der Waals surface area contributed by atoms with Crippen LogP contribution >= 0.6 is 11.3 Å². The molecule has 0 spiro atoms. The second-order valence-electron chi connectivity index (χ2n) is 8.72. The zero-order valence-electron chi connectivity index (χ0n) is 19.6. The van der Waals surface area contributed by atoms with E-state index in [2.05, 4.69) is 25.8 Å². The number of hydrogen-bond acceptors (Lipinski definition) is 5. The molecule has 0 bridgehead atoms. The van der Waals surface area contributed by atoms with Crippen LogP contribution in [0.1, 0.15) is 54.4 Å². The van der Waals surface area contributed by atoms with Crippen molar-refractivity contribution in [1.82, 2.24) is 14.5 Å². The van der Waals surface area contributed by atoms with E-state index < -0.39 is 10.0 Å². The fourth-order valence-corrected chi connectivity index (χ4v) is 6.24. The Labute approximate surface area is 200 Å². The van der Waals surface area contributed by atoms with Crippen molar-refractivity contribution in [3.8, 4) is 11.1 Å². The van der Waals surface area contributed by atoms with Crippen molar-refractivity contribution in [2.75, 3.05) is 13.6 Å². The van der Waals surface area contributed by atoms with Crippen LogP contribution in [-0.4, -0.2) is 42.4 Å². The van der Waals surface area contributed by atoms with Gasteiger partial charge in [0.1, 0.15) is 4.21 Å². The SMILES string of the molecule is CCCCN(C)C(=O)c1c(CC(C)C)sc(S(N)(=O)=O)c1-c1ccc(Cn2ccnc2)cc1. The van der Waals surface area contributed by atoms with E-state index in [1.165, 1.54) is 0 Å². The maximum absolute atomic E-state index is 13.6. The van der Waals surface area contributed by atoms with Gasteiger partial charge in [-0.3, -0.25) is 4.79 Å². The molecule has 0 aliphatic heterocycles. The van der Waals surface area contributed by atoms with Crippen molar-refractivity contribution < 1.29 is 13.2 Å². The standard InChI is InChI=1S/C24H32N4O3S2/c1-5-6-12-27(4)23(29)22-20(14-17(2)3)32-24(33(25,30)31)21(22)19-9-7-18(8-10-19)15-28-13-11-26-16-28/h7-11,13,16-17H,5-6,12,14-15H2,1-4H3,(H2,25,30,31). The zero-order chi connectivity index (χ0) is 24.2. The highest BCUT2D eigenvalue weighted by molar-refractivity contribution is 7.91. The molecule has 0 aliphatic rings. The summed E-state index contributed by atoms with van der Waals surface area (Å²) in [6.45, 7) is 7.44. The molecule has 0 atom stereocenters. The molecule has 1 aromatic carbocycles. The Balaban J connectivity index is 2.12. The molecular weight excluding hydrogens is 456 g/mol. The second kappa shape index (κ2) is 10.6. The Kier molecular flexibility index (Phi) is 8.10. The molecule has 33 heavy (non-hydrogen) atoms. The maximum Gasteiger partial charge on any atom is 0.255 e. The van der Waals surface area contributed by atoms with Crippen LogP contribution in [0, 0.1) is 5.92 Å². The Hall–Kier alpha value is -2.49. The van der Waals surface area contributed by atoms with Crippen LogP contribution in [0.3, 0.4) is 0 Å². The zero-order valence-corrected chi connectivity index (χ0v) is 21.2. The maximum atomic E-state index is 13.6. The predicted octanol–water partition coefficient (Wildman–Crippen LogP) is 4.38. The first-order chi connectivity index (χ1) is 15.6. The highest BCUT2D eigenvalue weighted by Crippen LogP contribution is 2.41. The third-order valence-electron chi connectivity index (χ3n) is 5.38. The molecule has 178 valence electrons. The average molecular weight is 489 g/mol. The summed E-state index contributed by atoms with van der Waals surface area (Å²) >= 11 is 1.12. The predicted molar refractivity (Wildman–Crippen MR) is 133 cm³/mol. The number of nitrogens with zero attached hydrogens (tertiary/aromatic N) is 3. The smallest absolute Gasteiger partial charge is 0.255 e. The highest BCUT2D eigenvalue weighted by Gasteiger charge is 2.31. The Morgan fingerprint density at radius 1 is 1.24 bits per heavy atom. The van der Waals surface area contributed by atoms with Crippen LogP contribution in [0.5, 0.6) is 0 Å². The van der Waals surface area contributed by atoms with E-state index in [4.69, 9.17) is 5.14 Å².